The van der Waals surface area contributed by atoms with E-state index in [9.17, 15) is 4.39 Å². The van der Waals surface area contributed by atoms with Gasteiger partial charge in [0.1, 0.15) is 5.82 Å². The highest BCUT2D eigenvalue weighted by atomic mass is 32.2. The average molecular weight is 239 g/mol. The van der Waals surface area contributed by atoms with E-state index >= 15 is 0 Å². The predicted octanol–water partition coefficient (Wildman–Crippen LogP) is 3.29. The van der Waals surface area contributed by atoms with E-state index in [0.717, 1.165) is 11.1 Å². The van der Waals surface area contributed by atoms with Crippen molar-refractivity contribution in [3.63, 3.8) is 0 Å². The van der Waals surface area contributed by atoms with Crippen molar-refractivity contribution in [2.45, 2.75) is 31.1 Å². The summed E-state index contributed by atoms with van der Waals surface area (Å²) in [5, 5.41) is 3.78. The van der Waals surface area contributed by atoms with Crippen molar-refractivity contribution in [2.75, 3.05) is 12.8 Å². The standard InChI is InChI=1S/C13H18FNS/c1-9-5-6-11(14)10(8-9)13(15-2)12-4-3-7-16-12/h5-6,8,12-13,15H,3-4,7H2,1-2H3. The van der Waals surface area contributed by atoms with Crippen LogP contribution in [0.1, 0.15) is 30.0 Å². The van der Waals surface area contributed by atoms with E-state index in [0.29, 0.717) is 5.25 Å². The summed E-state index contributed by atoms with van der Waals surface area (Å²) in [7, 11) is 1.92. The Morgan fingerprint density at radius 2 is 2.31 bits per heavy atom. The second-order valence-electron chi connectivity index (χ2n) is 4.34. The van der Waals surface area contributed by atoms with Crippen molar-refractivity contribution >= 4 is 11.8 Å². The average Bonchev–Trinajstić information content (AvgIpc) is 2.78. The molecule has 1 heterocycles. The smallest absolute Gasteiger partial charge is 0.128 e. The molecule has 1 N–H and O–H groups in total. The molecule has 1 aliphatic rings. The van der Waals surface area contributed by atoms with Crippen molar-refractivity contribution in [1.29, 1.82) is 0 Å². The number of hydrogen-bond acceptors (Lipinski definition) is 2. The summed E-state index contributed by atoms with van der Waals surface area (Å²) in [5.74, 6) is 1.12. The summed E-state index contributed by atoms with van der Waals surface area (Å²) in [4.78, 5) is 0. The highest BCUT2D eigenvalue weighted by Gasteiger charge is 2.27. The number of rotatable bonds is 3. The van der Waals surface area contributed by atoms with Gasteiger partial charge in [-0.15, -0.1) is 0 Å². The zero-order chi connectivity index (χ0) is 11.5. The molecule has 2 unspecified atom stereocenters. The van der Waals surface area contributed by atoms with Crippen LogP contribution in [0.5, 0.6) is 0 Å². The van der Waals surface area contributed by atoms with Crippen LogP contribution < -0.4 is 5.32 Å². The Hall–Kier alpha value is -0.540. The van der Waals surface area contributed by atoms with Gasteiger partial charge in [-0.05, 0) is 38.6 Å². The monoisotopic (exact) mass is 239 g/mol. The van der Waals surface area contributed by atoms with E-state index in [-0.39, 0.29) is 11.9 Å². The molecule has 0 aliphatic carbocycles. The fourth-order valence-electron chi connectivity index (χ4n) is 2.31. The van der Waals surface area contributed by atoms with Gasteiger partial charge in [0.05, 0.1) is 0 Å². The molecular formula is C13H18FNS. The lowest BCUT2D eigenvalue weighted by molar-refractivity contribution is 0.511. The lowest BCUT2D eigenvalue weighted by Gasteiger charge is -2.23. The van der Waals surface area contributed by atoms with Crippen LogP contribution in [0.2, 0.25) is 0 Å². The topological polar surface area (TPSA) is 12.0 Å². The molecule has 0 bridgehead atoms. The molecule has 0 amide bonds. The fourth-order valence-corrected chi connectivity index (χ4v) is 3.75. The van der Waals surface area contributed by atoms with Crippen molar-refractivity contribution < 1.29 is 4.39 Å². The molecule has 0 aromatic heterocycles. The van der Waals surface area contributed by atoms with Crippen molar-refractivity contribution in [1.82, 2.24) is 5.32 Å². The van der Waals surface area contributed by atoms with E-state index in [1.54, 1.807) is 6.07 Å². The molecule has 0 spiro atoms. The van der Waals surface area contributed by atoms with Gasteiger partial charge in [-0.25, -0.2) is 4.39 Å². The first-order valence-corrected chi connectivity index (χ1v) is 6.82. The first-order valence-electron chi connectivity index (χ1n) is 5.77. The van der Waals surface area contributed by atoms with Gasteiger partial charge in [-0.3, -0.25) is 0 Å². The van der Waals surface area contributed by atoms with Crippen molar-refractivity contribution in [2.24, 2.45) is 0 Å². The van der Waals surface area contributed by atoms with E-state index in [2.05, 4.69) is 5.32 Å². The summed E-state index contributed by atoms with van der Waals surface area (Å²) in [6.07, 6.45) is 2.44. The van der Waals surface area contributed by atoms with E-state index in [1.807, 2.05) is 37.9 Å². The van der Waals surface area contributed by atoms with Gasteiger partial charge in [0.25, 0.3) is 0 Å². The maximum Gasteiger partial charge on any atom is 0.128 e. The minimum atomic E-state index is -0.0857. The molecule has 1 aromatic rings. The van der Waals surface area contributed by atoms with Gasteiger partial charge in [0.15, 0.2) is 0 Å². The molecule has 1 aromatic carbocycles. The zero-order valence-electron chi connectivity index (χ0n) is 9.79. The van der Waals surface area contributed by atoms with Crippen LogP contribution in [0.4, 0.5) is 4.39 Å². The second-order valence-corrected chi connectivity index (χ2v) is 5.69. The highest BCUT2D eigenvalue weighted by molar-refractivity contribution is 8.00. The molecule has 3 heteroatoms. The lowest BCUT2D eigenvalue weighted by Crippen LogP contribution is -2.26. The summed E-state index contributed by atoms with van der Waals surface area (Å²) in [6, 6.07) is 5.52. The number of thioether (sulfide) groups is 1. The fraction of sp³-hybridized carbons (Fsp3) is 0.538. The third-order valence-corrected chi connectivity index (χ3v) is 4.59. The SMILES string of the molecule is CNC(c1cc(C)ccc1F)C1CCCS1. The van der Waals surface area contributed by atoms with Gasteiger partial charge >= 0.3 is 0 Å². The number of halogens is 1. The molecule has 2 rings (SSSR count). The second kappa shape index (κ2) is 5.19. The molecule has 1 nitrogen and oxygen atoms in total. The highest BCUT2D eigenvalue weighted by Crippen LogP contribution is 2.36. The van der Waals surface area contributed by atoms with Crippen LogP contribution in [-0.4, -0.2) is 18.1 Å². The Labute approximate surface area is 101 Å². The summed E-state index contributed by atoms with van der Waals surface area (Å²) < 4.78 is 13.8. The van der Waals surface area contributed by atoms with Crippen molar-refractivity contribution in [3.05, 3.63) is 35.1 Å². The van der Waals surface area contributed by atoms with Crippen LogP contribution in [0.25, 0.3) is 0 Å². The Morgan fingerprint density at radius 1 is 1.50 bits per heavy atom. The number of benzene rings is 1. The van der Waals surface area contributed by atoms with Crippen LogP contribution >= 0.6 is 11.8 Å². The Kier molecular flexibility index (Phi) is 3.87. The van der Waals surface area contributed by atoms with E-state index in [4.69, 9.17) is 0 Å². The molecule has 0 saturated carbocycles. The van der Waals surface area contributed by atoms with Gasteiger partial charge in [0, 0.05) is 16.9 Å². The lowest BCUT2D eigenvalue weighted by atomic mass is 9.99. The van der Waals surface area contributed by atoms with Crippen LogP contribution in [0.3, 0.4) is 0 Å². The molecule has 2 atom stereocenters. The first kappa shape index (κ1) is 11.9. The summed E-state index contributed by atoms with van der Waals surface area (Å²) in [6.45, 7) is 2.01. The third-order valence-electron chi connectivity index (χ3n) is 3.13. The molecule has 16 heavy (non-hydrogen) atoms. The molecular weight excluding hydrogens is 221 g/mol. The number of hydrogen-bond donors (Lipinski definition) is 1. The Balaban J connectivity index is 2.28. The molecule has 88 valence electrons. The van der Waals surface area contributed by atoms with E-state index in [1.165, 1.54) is 18.6 Å². The third kappa shape index (κ3) is 2.41. The molecule has 1 fully saturated rings. The van der Waals surface area contributed by atoms with E-state index < -0.39 is 0 Å². The largest absolute Gasteiger partial charge is 0.312 e. The Bertz CT molecular complexity index is 361. The molecule has 1 saturated heterocycles. The predicted molar refractivity (Wildman–Crippen MR) is 68.4 cm³/mol. The van der Waals surface area contributed by atoms with Gasteiger partial charge in [-0.1, -0.05) is 17.7 Å². The van der Waals surface area contributed by atoms with Gasteiger partial charge in [0.2, 0.25) is 0 Å². The first-order chi connectivity index (χ1) is 7.72. The van der Waals surface area contributed by atoms with Gasteiger partial charge < -0.3 is 5.32 Å². The number of nitrogens with one attached hydrogen (secondary N) is 1. The maximum atomic E-state index is 13.8. The maximum absolute atomic E-state index is 13.8. The quantitative estimate of drug-likeness (QED) is 0.868. The molecule has 1 aliphatic heterocycles. The van der Waals surface area contributed by atoms with Crippen molar-refractivity contribution in [3.8, 4) is 0 Å². The zero-order valence-corrected chi connectivity index (χ0v) is 10.6. The van der Waals surface area contributed by atoms with Crippen LogP contribution in [0.15, 0.2) is 18.2 Å². The number of aryl methyl sites for hydroxylation is 1. The Morgan fingerprint density at radius 3 is 2.94 bits per heavy atom. The minimum absolute atomic E-state index is 0.0857. The van der Waals surface area contributed by atoms with Gasteiger partial charge in [-0.2, -0.15) is 11.8 Å². The summed E-state index contributed by atoms with van der Waals surface area (Å²) in [5.41, 5.74) is 1.95. The summed E-state index contributed by atoms with van der Waals surface area (Å²) >= 11 is 1.96. The molecule has 0 radical (unpaired) electrons. The van der Waals surface area contributed by atoms with Crippen LogP contribution in [-0.2, 0) is 0 Å². The minimum Gasteiger partial charge on any atom is -0.312 e. The normalized spacial score (nSPS) is 22.3. The van der Waals surface area contributed by atoms with Crippen LogP contribution in [0, 0.1) is 12.7 Å².